The van der Waals surface area contributed by atoms with Crippen molar-refractivity contribution in [3.8, 4) is 5.75 Å². The maximum atomic E-state index is 5.99. The van der Waals surface area contributed by atoms with Crippen LogP contribution in [0, 0.1) is 0 Å². The Labute approximate surface area is 143 Å². The predicted molar refractivity (Wildman–Crippen MR) is 99.9 cm³/mol. The van der Waals surface area contributed by atoms with Crippen LogP contribution in [-0.2, 0) is 19.3 Å². The third kappa shape index (κ3) is 4.28. The molecule has 0 spiro atoms. The highest BCUT2D eigenvalue weighted by Gasteiger charge is 2.10. The number of benzene rings is 2. The highest BCUT2D eigenvalue weighted by molar-refractivity contribution is 5.92. The summed E-state index contributed by atoms with van der Waals surface area (Å²) in [6.45, 7) is 0.709. The summed E-state index contributed by atoms with van der Waals surface area (Å²) < 4.78 is 5.24. The lowest BCUT2D eigenvalue weighted by Crippen LogP contribution is -2.23. The molecule has 0 saturated carbocycles. The van der Waals surface area contributed by atoms with Crippen molar-refractivity contribution in [2.45, 2.75) is 32.1 Å². The number of anilines is 1. The van der Waals surface area contributed by atoms with Crippen molar-refractivity contribution in [2.75, 3.05) is 19.0 Å². The Balaban J connectivity index is 1.47. The van der Waals surface area contributed by atoms with E-state index in [2.05, 4.69) is 40.6 Å². The van der Waals surface area contributed by atoms with Crippen molar-refractivity contribution in [1.82, 2.24) is 0 Å². The van der Waals surface area contributed by atoms with Crippen LogP contribution in [0.25, 0.3) is 0 Å². The van der Waals surface area contributed by atoms with Gasteiger partial charge in [-0.2, -0.15) is 0 Å². The molecule has 0 radical (unpaired) electrons. The molecule has 126 valence electrons. The maximum Gasteiger partial charge on any atom is 0.193 e. The van der Waals surface area contributed by atoms with Gasteiger partial charge < -0.3 is 15.8 Å². The van der Waals surface area contributed by atoms with Crippen LogP contribution in [0.5, 0.6) is 5.75 Å². The average molecular weight is 323 g/mol. The number of methoxy groups -OCH3 is 1. The summed E-state index contributed by atoms with van der Waals surface area (Å²) in [7, 11) is 1.69. The second kappa shape index (κ2) is 7.86. The van der Waals surface area contributed by atoms with E-state index in [-0.39, 0.29) is 0 Å². The second-order valence-electron chi connectivity index (χ2n) is 6.18. The van der Waals surface area contributed by atoms with Gasteiger partial charge in [0, 0.05) is 12.2 Å². The van der Waals surface area contributed by atoms with Gasteiger partial charge in [0.1, 0.15) is 5.75 Å². The normalized spacial score (nSPS) is 13.6. The van der Waals surface area contributed by atoms with Crippen molar-refractivity contribution < 1.29 is 4.74 Å². The lowest BCUT2D eigenvalue weighted by Gasteiger charge is -2.08. The molecule has 0 aromatic heterocycles. The molecule has 0 amide bonds. The van der Waals surface area contributed by atoms with E-state index in [1.54, 1.807) is 7.11 Å². The molecular weight excluding hydrogens is 298 g/mol. The molecule has 0 unspecified atom stereocenters. The smallest absolute Gasteiger partial charge is 0.193 e. The van der Waals surface area contributed by atoms with Crippen molar-refractivity contribution in [2.24, 2.45) is 10.7 Å². The number of fused-ring (bicyclic) bond motifs is 1. The molecule has 0 fully saturated rings. The van der Waals surface area contributed by atoms with Gasteiger partial charge in [-0.05, 0) is 73.1 Å². The van der Waals surface area contributed by atoms with Crippen LogP contribution in [0.2, 0.25) is 0 Å². The fraction of sp³-hybridized carbons (Fsp3) is 0.350. The zero-order valence-electron chi connectivity index (χ0n) is 14.2. The lowest BCUT2D eigenvalue weighted by atomic mass is 10.1. The minimum atomic E-state index is 0.485. The third-order valence-electron chi connectivity index (χ3n) is 4.41. The molecule has 0 heterocycles. The average Bonchev–Trinajstić information content (AvgIpc) is 3.06. The summed E-state index contributed by atoms with van der Waals surface area (Å²) >= 11 is 0. The van der Waals surface area contributed by atoms with Crippen LogP contribution in [0.4, 0.5) is 5.69 Å². The van der Waals surface area contributed by atoms with Gasteiger partial charge in [-0.1, -0.05) is 18.2 Å². The van der Waals surface area contributed by atoms with Gasteiger partial charge >= 0.3 is 0 Å². The van der Waals surface area contributed by atoms with E-state index in [1.807, 2.05) is 12.1 Å². The number of nitrogens with zero attached hydrogens (tertiary/aromatic N) is 1. The second-order valence-corrected chi connectivity index (χ2v) is 6.18. The Hall–Kier alpha value is -2.49. The van der Waals surface area contributed by atoms with E-state index < -0.39 is 0 Å². The van der Waals surface area contributed by atoms with Crippen molar-refractivity contribution in [1.29, 1.82) is 0 Å². The number of nitrogens with two attached hydrogens (primary N) is 1. The fourth-order valence-electron chi connectivity index (χ4n) is 3.15. The first kappa shape index (κ1) is 16.4. The number of ether oxygens (including phenoxy) is 1. The standard InChI is InChI=1S/C20H25N3O/c1-24-19-9-2-5-15(13-19)6-4-12-22-20(21)23-18-11-10-16-7-3-8-17(16)14-18/h2,5,9-11,13-14H,3-4,6-8,12H2,1H3,(H3,21,22,23). The fourth-order valence-corrected chi connectivity index (χ4v) is 3.15. The SMILES string of the molecule is COc1cccc(CCCN=C(N)Nc2ccc3c(c2)CCC3)c1. The summed E-state index contributed by atoms with van der Waals surface area (Å²) in [5.41, 5.74) is 11.2. The third-order valence-corrected chi connectivity index (χ3v) is 4.41. The Morgan fingerprint density at radius 3 is 2.92 bits per heavy atom. The van der Waals surface area contributed by atoms with Gasteiger partial charge in [0.15, 0.2) is 5.96 Å². The van der Waals surface area contributed by atoms with Crippen LogP contribution in [0.15, 0.2) is 47.5 Å². The number of nitrogens with one attached hydrogen (secondary N) is 1. The minimum absolute atomic E-state index is 0.485. The van der Waals surface area contributed by atoms with Crippen LogP contribution >= 0.6 is 0 Å². The van der Waals surface area contributed by atoms with Crippen molar-refractivity contribution in [3.63, 3.8) is 0 Å². The van der Waals surface area contributed by atoms with Crippen LogP contribution in [0.3, 0.4) is 0 Å². The molecule has 4 nitrogen and oxygen atoms in total. The Bertz CT molecular complexity index is 725. The van der Waals surface area contributed by atoms with Crippen molar-refractivity contribution in [3.05, 3.63) is 59.2 Å². The van der Waals surface area contributed by atoms with Crippen LogP contribution in [-0.4, -0.2) is 19.6 Å². The number of hydrogen-bond donors (Lipinski definition) is 2. The largest absolute Gasteiger partial charge is 0.497 e. The Kier molecular flexibility index (Phi) is 5.36. The summed E-state index contributed by atoms with van der Waals surface area (Å²) in [6, 6.07) is 14.6. The first-order valence-corrected chi connectivity index (χ1v) is 8.56. The van der Waals surface area contributed by atoms with Crippen molar-refractivity contribution >= 4 is 11.6 Å². The zero-order valence-corrected chi connectivity index (χ0v) is 14.2. The summed E-state index contributed by atoms with van der Waals surface area (Å²) in [5, 5.41) is 3.20. The highest BCUT2D eigenvalue weighted by Crippen LogP contribution is 2.24. The summed E-state index contributed by atoms with van der Waals surface area (Å²) in [4.78, 5) is 4.42. The zero-order chi connectivity index (χ0) is 16.8. The monoisotopic (exact) mass is 323 g/mol. The predicted octanol–water partition coefficient (Wildman–Crippen LogP) is 3.54. The van der Waals surface area contributed by atoms with Gasteiger partial charge in [0.25, 0.3) is 0 Å². The van der Waals surface area contributed by atoms with E-state index in [0.717, 1.165) is 24.3 Å². The molecule has 0 bridgehead atoms. The summed E-state index contributed by atoms with van der Waals surface area (Å²) in [6.07, 6.45) is 5.55. The first-order valence-electron chi connectivity index (χ1n) is 8.56. The number of guanidine groups is 1. The molecule has 2 aromatic carbocycles. The van der Waals surface area contributed by atoms with Crippen LogP contribution in [0.1, 0.15) is 29.5 Å². The van der Waals surface area contributed by atoms with Gasteiger partial charge in [0.05, 0.1) is 7.11 Å². The number of rotatable bonds is 6. The molecule has 0 saturated heterocycles. The number of hydrogen-bond acceptors (Lipinski definition) is 2. The maximum absolute atomic E-state index is 5.99. The molecule has 24 heavy (non-hydrogen) atoms. The van der Waals surface area contributed by atoms with E-state index >= 15 is 0 Å². The van der Waals surface area contributed by atoms with Gasteiger partial charge in [-0.15, -0.1) is 0 Å². The van der Waals surface area contributed by atoms with E-state index in [0.29, 0.717) is 12.5 Å². The summed E-state index contributed by atoms with van der Waals surface area (Å²) in [5.74, 6) is 1.38. The molecular formula is C20H25N3O. The molecule has 1 aliphatic carbocycles. The number of aryl methyl sites for hydroxylation is 3. The van der Waals surface area contributed by atoms with Gasteiger partial charge in [-0.25, -0.2) is 0 Å². The number of aliphatic imine (C=N–C) groups is 1. The molecule has 0 atom stereocenters. The van der Waals surface area contributed by atoms with Gasteiger partial charge in [-0.3, -0.25) is 4.99 Å². The molecule has 4 heteroatoms. The van der Waals surface area contributed by atoms with E-state index in [9.17, 15) is 0 Å². The molecule has 1 aliphatic rings. The van der Waals surface area contributed by atoms with E-state index in [4.69, 9.17) is 10.5 Å². The lowest BCUT2D eigenvalue weighted by molar-refractivity contribution is 0.414. The molecule has 0 aliphatic heterocycles. The van der Waals surface area contributed by atoms with E-state index in [1.165, 1.54) is 36.0 Å². The quantitative estimate of drug-likeness (QED) is 0.485. The molecule has 2 aromatic rings. The van der Waals surface area contributed by atoms with Crippen LogP contribution < -0.4 is 15.8 Å². The molecule has 3 rings (SSSR count). The van der Waals surface area contributed by atoms with Gasteiger partial charge in [0.2, 0.25) is 0 Å². The first-order chi connectivity index (χ1) is 11.7. The minimum Gasteiger partial charge on any atom is -0.497 e. The highest BCUT2D eigenvalue weighted by atomic mass is 16.5. The Morgan fingerprint density at radius 2 is 2.04 bits per heavy atom. The topological polar surface area (TPSA) is 59.6 Å². The Morgan fingerprint density at radius 1 is 1.17 bits per heavy atom. The molecule has 3 N–H and O–H groups in total.